The van der Waals surface area contributed by atoms with Crippen molar-refractivity contribution in [3.8, 4) is 0 Å². The molecule has 3 rings (SSSR count). The number of nitrogens with one attached hydrogen (secondary N) is 1. The van der Waals surface area contributed by atoms with Crippen LogP contribution in [0, 0.1) is 6.92 Å². The number of hydroxylamine groups is 1. The monoisotopic (exact) mass is 269 g/mol. The maximum absolute atomic E-state index is 11.7. The maximum Gasteiger partial charge on any atom is 0.274 e. The Hall–Kier alpha value is -2.40. The number of hydrogen-bond donors (Lipinski definition) is 2. The third-order valence-electron chi connectivity index (χ3n) is 3.55. The number of aryl methyl sites for hydroxylation is 1. The van der Waals surface area contributed by atoms with Gasteiger partial charge in [-0.3, -0.25) is 10.0 Å². The molecular weight excluding hydrogens is 254 g/mol. The number of fused-ring (bicyclic) bond motifs is 1. The minimum absolute atomic E-state index is 0.472. The van der Waals surface area contributed by atoms with Crippen LogP contribution in [0.25, 0.3) is 0 Å². The second-order valence-electron chi connectivity index (χ2n) is 4.93. The van der Waals surface area contributed by atoms with Gasteiger partial charge >= 0.3 is 0 Å². The van der Waals surface area contributed by atoms with E-state index in [0.29, 0.717) is 12.1 Å². The zero-order chi connectivity index (χ0) is 14.1. The van der Waals surface area contributed by atoms with Crippen LogP contribution in [0.5, 0.6) is 0 Å². The molecule has 5 nitrogen and oxygen atoms in total. The van der Waals surface area contributed by atoms with Gasteiger partial charge in [0.1, 0.15) is 5.82 Å². The highest BCUT2D eigenvalue weighted by Gasteiger charge is 2.24. The molecule has 0 aliphatic carbocycles. The average molecular weight is 269 g/mol. The molecule has 5 heteroatoms. The lowest BCUT2D eigenvalue weighted by atomic mass is 10.0. The molecule has 0 unspecified atom stereocenters. The Kier molecular flexibility index (Phi) is 3.12. The topological polar surface area (TPSA) is 65.5 Å². The summed E-state index contributed by atoms with van der Waals surface area (Å²) in [6, 6.07) is 9.54. The van der Waals surface area contributed by atoms with Crippen LogP contribution in [0.4, 0.5) is 5.82 Å². The van der Waals surface area contributed by atoms with E-state index in [-0.39, 0.29) is 0 Å². The number of amides is 1. The number of rotatable bonds is 2. The van der Waals surface area contributed by atoms with Gasteiger partial charge in [-0.2, -0.15) is 0 Å². The highest BCUT2D eigenvalue weighted by Crippen LogP contribution is 2.29. The quantitative estimate of drug-likeness (QED) is 0.646. The third-order valence-corrected chi connectivity index (χ3v) is 3.55. The Labute approximate surface area is 116 Å². The van der Waals surface area contributed by atoms with Crippen molar-refractivity contribution in [3.05, 3.63) is 58.8 Å². The zero-order valence-corrected chi connectivity index (χ0v) is 11.1. The van der Waals surface area contributed by atoms with Gasteiger partial charge in [-0.25, -0.2) is 10.5 Å². The van der Waals surface area contributed by atoms with Gasteiger partial charge in [-0.15, -0.1) is 0 Å². The molecule has 0 atom stereocenters. The van der Waals surface area contributed by atoms with Gasteiger partial charge in [-0.1, -0.05) is 18.2 Å². The van der Waals surface area contributed by atoms with Crippen molar-refractivity contribution < 1.29 is 10.0 Å². The van der Waals surface area contributed by atoms with Crippen LogP contribution in [0.15, 0.2) is 36.5 Å². The summed E-state index contributed by atoms with van der Waals surface area (Å²) < 4.78 is 0. The van der Waals surface area contributed by atoms with Crippen molar-refractivity contribution in [1.29, 1.82) is 0 Å². The molecule has 0 spiro atoms. The highest BCUT2D eigenvalue weighted by atomic mass is 16.5. The molecule has 0 fully saturated rings. The van der Waals surface area contributed by atoms with Crippen LogP contribution in [-0.2, 0) is 13.1 Å². The predicted molar refractivity (Wildman–Crippen MR) is 74.6 cm³/mol. The van der Waals surface area contributed by atoms with Crippen LogP contribution < -0.4 is 10.4 Å². The minimum atomic E-state index is -0.472. The summed E-state index contributed by atoms with van der Waals surface area (Å²) in [6.07, 6.45) is 1.83. The van der Waals surface area contributed by atoms with E-state index in [9.17, 15) is 4.79 Å². The summed E-state index contributed by atoms with van der Waals surface area (Å²) in [5.41, 5.74) is 5.37. The first-order valence-corrected chi connectivity index (χ1v) is 6.42. The van der Waals surface area contributed by atoms with E-state index in [0.717, 1.165) is 29.1 Å². The van der Waals surface area contributed by atoms with Gasteiger partial charge in [0.05, 0.1) is 0 Å². The van der Waals surface area contributed by atoms with Gasteiger partial charge in [0.15, 0.2) is 0 Å². The van der Waals surface area contributed by atoms with Crippen LogP contribution in [0.3, 0.4) is 0 Å². The van der Waals surface area contributed by atoms with E-state index in [1.54, 1.807) is 11.5 Å². The molecule has 0 radical (unpaired) electrons. The van der Waals surface area contributed by atoms with Crippen molar-refractivity contribution in [1.82, 2.24) is 10.5 Å². The highest BCUT2D eigenvalue weighted by molar-refractivity contribution is 5.95. The number of anilines is 1. The summed E-state index contributed by atoms with van der Waals surface area (Å²) in [5.74, 6) is 0.419. The summed E-state index contributed by atoms with van der Waals surface area (Å²) in [5, 5.41) is 8.81. The lowest BCUT2D eigenvalue weighted by Crippen LogP contribution is -2.21. The summed E-state index contributed by atoms with van der Waals surface area (Å²) in [4.78, 5) is 18.2. The van der Waals surface area contributed by atoms with Crippen LogP contribution in [0.2, 0.25) is 0 Å². The number of benzene rings is 1. The molecule has 1 amide bonds. The predicted octanol–water partition coefficient (Wildman–Crippen LogP) is 2.03. The van der Waals surface area contributed by atoms with E-state index in [2.05, 4.69) is 9.88 Å². The second kappa shape index (κ2) is 4.94. The van der Waals surface area contributed by atoms with E-state index in [1.165, 1.54) is 0 Å². The van der Waals surface area contributed by atoms with E-state index in [1.807, 2.05) is 37.4 Å². The lowest BCUT2D eigenvalue weighted by molar-refractivity contribution is 0.0705. The number of pyridine rings is 1. The first-order valence-electron chi connectivity index (χ1n) is 6.42. The molecule has 2 aromatic rings. The van der Waals surface area contributed by atoms with Crippen molar-refractivity contribution in [2.24, 2.45) is 0 Å². The summed E-state index contributed by atoms with van der Waals surface area (Å²) in [6.45, 7) is 3.34. The molecule has 102 valence electrons. The first kappa shape index (κ1) is 12.6. The van der Waals surface area contributed by atoms with E-state index in [4.69, 9.17) is 5.21 Å². The fourth-order valence-corrected chi connectivity index (χ4v) is 2.50. The second-order valence-corrected chi connectivity index (χ2v) is 4.93. The lowest BCUT2D eigenvalue weighted by Gasteiger charge is -2.16. The summed E-state index contributed by atoms with van der Waals surface area (Å²) in [7, 11) is 0. The van der Waals surface area contributed by atoms with E-state index >= 15 is 0 Å². The molecule has 0 saturated carbocycles. The molecule has 1 aromatic carbocycles. The van der Waals surface area contributed by atoms with Crippen molar-refractivity contribution in [2.45, 2.75) is 20.0 Å². The van der Waals surface area contributed by atoms with Crippen molar-refractivity contribution >= 4 is 11.7 Å². The Morgan fingerprint density at radius 3 is 2.85 bits per heavy atom. The molecule has 0 saturated heterocycles. The first-order chi connectivity index (χ1) is 9.69. The number of carbonyl (C=O) groups is 1. The van der Waals surface area contributed by atoms with Crippen LogP contribution in [-0.4, -0.2) is 16.1 Å². The molecule has 2 N–H and O–H groups in total. The Morgan fingerprint density at radius 2 is 2.15 bits per heavy atom. The normalized spacial score (nSPS) is 13.2. The van der Waals surface area contributed by atoms with Crippen LogP contribution >= 0.6 is 0 Å². The minimum Gasteiger partial charge on any atom is -0.348 e. The fourth-order valence-electron chi connectivity index (χ4n) is 2.50. The van der Waals surface area contributed by atoms with Crippen molar-refractivity contribution in [3.63, 3.8) is 0 Å². The molecule has 2 heterocycles. The molecule has 1 aliphatic rings. The van der Waals surface area contributed by atoms with Gasteiger partial charge in [0.25, 0.3) is 5.91 Å². The standard InChI is InChI=1S/C15H15N3O2/c1-10-5-6-14(16-7-10)18-8-11-3-2-4-12(13(11)9-18)15(19)17-20/h2-7,20H,8-9H2,1H3,(H,17,19). The van der Waals surface area contributed by atoms with Gasteiger partial charge in [-0.05, 0) is 35.7 Å². The maximum atomic E-state index is 11.7. The Balaban J connectivity index is 1.92. The number of carbonyl (C=O) groups excluding carboxylic acids is 1. The molecule has 0 bridgehead atoms. The van der Waals surface area contributed by atoms with Gasteiger partial charge in [0.2, 0.25) is 0 Å². The molecule has 1 aliphatic heterocycles. The van der Waals surface area contributed by atoms with Crippen molar-refractivity contribution in [2.75, 3.05) is 4.90 Å². The molecule has 20 heavy (non-hydrogen) atoms. The number of nitrogens with zero attached hydrogens (tertiary/aromatic N) is 2. The summed E-state index contributed by atoms with van der Waals surface area (Å²) >= 11 is 0. The van der Waals surface area contributed by atoms with Crippen LogP contribution in [0.1, 0.15) is 27.0 Å². The van der Waals surface area contributed by atoms with Gasteiger partial charge in [0, 0.05) is 24.8 Å². The zero-order valence-electron chi connectivity index (χ0n) is 11.1. The number of hydrogen-bond acceptors (Lipinski definition) is 4. The third kappa shape index (κ3) is 2.12. The Bertz CT molecular complexity index is 653. The SMILES string of the molecule is Cc1ccc(N2Cc3cccc(C(=O)NO)c3C2)nc1. The fraction of sp³-hybridized carbons (Fsp3) is 0.200. The largest absolute Gasteiger partial charge is 0.348 e. The number of aromatic nitrogens is 1. The van der Waals surface area contributed by atoms with Gasteiger partial charge < -0.3 is 4.90 Å². The molecular formula is C15H15N3O2. The van der Waals surface area contributed by atoms with E-state index < -0.39 is 5.91 Å². The molecule has 1 aromatic heterocycles. The Morgan fingerprint density at radius 1 is 1.30 bits per heavy atom. The smallest absolute Gasteiger partial charge is 0.274 e. The average Bonchev–Trinajstić information content (AvgIpc) is 2.91.